The number of imidazole rings is 1. The van der Waals surface area contributed by atoms with E-state index in [1.54, 1.807) is 25.1 Å². The quantitative estimate of drug-likeness (QED) is 0.396. The van der Waals surface area contributed by atoms with Gasteiger partial charge >= 0.3 is 6.18 Å². The minimum absolute atomic E-state index is 0.0408. The number of anilines is 3. The molecule has 0 aliphatic carbocycles. The molecule has 0 spiro atoms. The first-order valence-corrected chi connectivity index (χ1v) is 10.9. The van der Waals surface area contributed by atoms with Gasteiger partial charge in [-0.15, -0.1) is 0 Å². The number of halogens is 3. The average molecular weight is 507 g/mol. The second kappa shape index (κ2) is 9.98. The van der Waals surface area contributed by atoms with Gasteiger partial charge in [-0.2, -0.15) is 13.2 Å². The zero-order valence-corrected chi connectivity index (χ0v) is 19.6. The maximum absolute atomic E-state index is 13.7. The number of carbonyl (C=O) groups is 2. The van der Waals surface area contributed by atoms with Crippen molar-refractivity contribution in [3.8, 4) is 11.8 Å². The lowest BCUT2D eigenvalue weighted by atomic mass is 10.2. The number of aromatic nitrogens is 4. The number of amides is 2. The third-order valence-corrected chi connectivity index (χ3v) is 5.30. The predicted molar refractivity (Wildman–Crippen MR) is 130 cm³/mol. The van der Waals surface area contributed by atoms with E-state index < -0.39 is 29.6 Å². The number of nitrogen functional groups attached to an aromatic ring is 1. The zero-order chi connectivity index (χ0) is 26.7. The molecule has 4 aromatic rings. The third-order valence-electron chi connectivity index (χ3n) is 5.30. The number of rotatable bonds is 5. The Morgan fingerprint density at radius 1 is 1.14 bits per heavy atom. The van der Waals surface area contributed by atoms with Crippen molar-refractivity contribution in [3.63, 3.8) is 0 Å². The van der Waals surface area contributed by atoms with Crippen LogP contribution in [0.15, 0.2) is 61.1 Å². The van der Waals surface area contributed by atoms with Crippen LogP contribution < -0.4 is 16.0 Å². The highest BCUT2D eigenvalue weighted by Crippen LogP contribution is 2.36. The molecule has 0 aliphatic rings. The van der Waals surface area contributed by atoms with Crippen LogP contribution in [0, 0.1) is 11.8 Å². The number of alkyl halides is 3. The van der Waals surface area contributed by atoms with Gasteiger partial charge in [0, 0.05) is 24.2 Å². The molecule has 4 rings (SSSR count). The van der Waals surface area contributed by atoms with Crippen LogP contribution in [0.1, 0.15) is 41.6 Å². The number of carbonyl (C=O) groups excluding carboxylic acids is 2. The number of benzene rings is 1. The van der Waals surface area contributed by atoms with E-state index in [-0.39, 0.29) is 34.4 Å². The second-order valence-corrected chi connectivity index (χ2v) is 7.80. The van der Waals surface area contributed by atoms with E-state index in [0.717, 1.165) is 23.2 Å². The Balaban J connectivity index is 1.96. The lowest BCUT2D eigenvalue weighted by Gasteiger charge is -2.21. The van der Waals surface area contributed by atoms with Crippen molar-refractivity contribution in [1.82, 2.24) is 24.7 Å². The number of pyridine rings is 1. The molecular formula is C25H20F3N7O2. The van der Waals surface area contributed by atoms with Crippen molar-refractivity contribution in [2.45, 2.75) is 26.1 Å². The first kappa shape index (κ1) is 25.2. The molecule has 12 heteroatoms. The molecule has 3 heterocycles. The van der Waals surface area contributed by atoms with E-state index >= 15 is 0 Å². The summed E-state index contributed by atoms with van der Waals surface area (Å²) >= 11 is 0. The molecule has 1 aromatic carbocycles. The normalized spacial score (nSPS) is 11.9. The second-order valence-electron chi connectivity index (χ2n) is 7.80. The largest absolute Gasteiger partial charge is 0.416 e. The minimum atomic E-state index is -4.68. The van der Waals surface area contributed by atoms with Crippen LogP contribution in [0.25, 0.3) is 5.52 Å². The Bertz CT molecular complexity index is 1540. The Kier molecular flexibility index (Phi) is 6.79. The molecule has 37 heavy (non-hydrogen) atoms. The molecule has 0 fully saturated rings. The van der Waals surface area contributed by atoms with Gasteiger partial charge < -0.3 is 11.1 Å². The van der Waals surface area contributed by atoms with Crippen LogP contribution in [0.3, 0.4) is 0 Å². The lowest BCUT2D eigenvalue weighted by Crippen LogP contribution is -2.28. The summed E-state index contributed by atoms with van der Waals surface area (Å²) in [4.78, 5) is 39.4. The van der Waals surface area contributed by atoms with Gasteiger partial charge in [0.15, 0.2) is 11.6 Å². The fourth-order valence-corrected chi connectivity index (χ4v) is 3.68. The fourth-order valence-electron chi connectivity index (χ4n) is 3.68. The molecule has 0 unspecified atom stereocenters. The van der Waals surface area contributed by atoms with Crippen molar-refractivity contribution < 1.29 is 22.8 Å². The number of fused-ring (bicyclic) bond motifs is 1. The topological polar surface area (TPSA) is 119 Å². The van der Waals surface area contributed by atoms with E-state index in [1.807, 2.05) is 0 Å². The standard InChI is InChI=1S/C25H20F3N7O2/c1-3-7-19(36)32-15(2)22-33-23(20-21(29)31-12-13-34(20)22)35(24(37)16-8-5-4-6-9-16)18-14-17(10-11-30-18)25(26,27)28/h4-6,8-15H,1-2H3,(H2,29,31)(H,32,36)/t15-/m0/s1. The summed E-state index contributed by atoms with van der Waals surface area (Å²) in [5.41, 5.74) is 5.47. The van der Waals surface area contributed by atoms with Crippen LogP contribution in [-0.4, -0.2) is 31.2 Å². The van der Waals surface area contributed by atoms with Crippen LogP contribution in [0.4, 0.5) is 30.6 Å². The summed E-state index contributed by atoms with van der Waals surface area (Å²) in [5, 5.41) is 2.67. The van der Waals surface area contributed by atoms with Crippen LogP contribution >= 0.6 is 0 Å². The fraction of sp³-hybridized carbons (Fsp3) is 0.160. The Morgan fingerprint density at radius 3 is 2.54 bits per heavy atom. The number of nitrogens with two attached hydrogens (primary N) is 1. The molecule has 0 bridgehead atoms. The first-order valence-electron chi connectivity index (χ1n) is 10.9. The van der Waals surface area contributed by atoms with Crippen LogP contribution in [0.2, 0.25) is 0 Å². The molecule has 0 radical (unpaired) electrons. The molecule has 3 N–H and O–H groups in total. The SMILES string of the molecule is CC#CC(=O)N[C@@H](C)c1nc(N(C(=O)c2ccccc2)c2cc(C(F)(F)F)ccn2)c2c(N)nccn12. The predicted octanol–water partition coefficient (Wildman–Crippen LogP) is 3.90. The lowest BCUT2D eigenvalue weighted by molar-refractivity contribution is -0.137. The Hall–Kier alpha value is -4.92. The van der Waals surface area contributed by atoms with E-state index in [4.69, 9.17) is 5.73 Å². The summed E-state index contributed by atoms with van der Waals surface area (Å²) in [6, 6.07) is 8.77. The molecule has 2 amide bonds. The maximum atomic E-state index is 13.7. The van der Waals surface area contributed by atoms with Gasteiger partial charge in [-0.1, -0.05) is 24.1 Å². The average Bonchev–Trinajstić information content (AvgIpc) is 3.25. The summed E-state index contributed by atoms with van der Waals surface area (Å²) in [6.45, 7) is 3.14. The number of nitrogens with zero attached hydrogens (tertiary/aromatic N) is 5. The van der Waals surface area contributed by atoms with E-state index in [2.05, 4.69) is 32.1 Å². The number of nitrogens with one attached hydrogen (secondary N) is 1. The van der Waals surface area contributed by atoms with Gasteiger partial charge in [0.05, 0.1) is 11.6 Å². The van der Waals surface area contributed by atoms with Crippen molar-refractivity contribution in [1.29, 1.82) is 0 Å². The highest BCUT2D eigenvalue weighted by Gasteiger charge is 2.34. The first-order chi connectivity index (χ1) is 17.6. The molecule has 0 saturated heterocycles. The van der Waals surface area contributed by atoms with Crippen molar-refractivity contribution in [2.75, 3.05) is 10.6 Å². The van der Waals surface area contributed by atoms with Gasteiger partial charge in [0.25, 0.3) is 11.8 Å². The molecule has 1 atom stereocenters. The van der Waals surface area contributed by atoms with E-state index in [0.29, 0.717) is 0 Å². The summed E-state index contributed by atoms with van der Waals surface area (Å²) in [5.74, 6) is 3.36. The highest BCUT2D eigenvalue weighted by atomic mass is 19.4. The van der Waals surface area contributed by atoms with Gasteiger partial charge in [0.1, 0.15) is 17.2 Å². The van der Waals surface area contributed by atoms with E-state index in [1.165, 1.54) is 35.9 Å². The smallest absolute Gasteiger partial charge is 0.382 e. The summed E-state index contributed by atoms with van der Waals surface area (Å²) in [7, 11) is 0. The molecule has 0 aliphatic heterocycles. The zero-order valence-electron chi connectivity index (χ0n) is 19.6. The highest BCUT2D eigenvalue weighted by molar-refractivity contribution is 6.12. The monoisotopic (exact) mass is 507 g/mol. The summed E-state index contributed by atoms with van der Waals surface area (Å²) < 4.78 is 42.1. The summed E-state index contributed by atoms with van der Waals surface area (Å²) in [6.07, 6.45) is -0.823. The van der Waals surface area contributed by atoms with Gasteiger partial charge in [-0.25, -0.2) is 19.9 Å². The van der Waals surface area contributed by atoms with Crippen LogP contribution in [-0.2, 0) is 11.0 Å². The minimum Gasteiger partial charge on any atom is -0.382 e. The Morgan fingerprint density at radius 2 is 1.86 bits per heavy atom. The Labute approximate surface area is 209 Å². The van der Waals surface area contributed by atoms with Gasteiger partial charge in [-0.05, 0) is 44.0 Å². The van der Waals surface area contributed by atoms with Gasteiger partial charge in [0.2, 0.25) is 0 Å². The van der Waals surface area contributed by atoms with Crippen molar-refractivity contribution in [3.05, 3.63) is 78.0 Å². The molecule has 0 saturated carbocycles. The number of hydrogen-bond acceptors (Lipinski definition) is 6. The van der Waals surface area contributed by atoms with Crippen LogP contribution in [0.5, 0.6) is 0 Å². The molecule has 188 valence electrons. The molecule has 9 nitrogen and oxygen atoms in total. The van der Waals surface area contributed by atoms with E-state index in [9.17, 15) is 22.8 Å². The molecule has 3 aromatic heterocycles. The third kappa shape index (κ3) is 5.06. The number of hydrogen-bond donors (Lipinski definition) is 2. The van der Waals surface area contributed by atoms with Crippen molar-refractivity contribution >= 4 is 34.8 Å². The van der Waals surface area contributed by atoms with Gasteiger partial charge in [-0.3, -0.25) is 14.0 Å². The van der Waals surface area contributed by atoms with Crippen molar-refractivity contribution in [2.24, 2.45) is 0 Å². The maximum Gasteiger partial charge on any atom is 0.416 e. The molecular weight excluding hydrogens is 487 g/mol.